The van der Waals surface area contributed by atoms with Crippen molar-refractivity contribution >= 4 is 22.9 Å². The van der Waals surface area contributed by atoms with E-state index in [9.17, 15) is 0 Å². The zero-order valence-corrected chi connectivity index (χ0v) is 9.74. The van der Waals surface area contributed by atoms with Crippen LogP contribution in [0.2, 0.25) is 0 Å². The van der Waals surface area contributed by atoms with Crippen LogP contribution in [0.1, 0.15) is 24.3 Å². The monoisotopic (exact) mass is 217 g/mol. The second kappa shape index (κ2) is 5.63. The minimum atomic E-state index is 0.517. The Labute approximate surface area is 89.3 Å². The van der Waals surface area contributed by atoms with E-state index in [1.54, 1.807) is 0 Å². The predicted molar refractivity (Wildman–Crippen MR) is 60.7 cm³/mol. The molecule has 3 heteroatoms. The van der Waals surface area contributed by atoms with Gasteiger partial charge in [0, 0.05) is 16.8 Å². The fourth-order valence-electron chi connectivity index (χ4n) is 1.25. The molecule has 0 aliphatic rings. The zero-order chi connectivity index (χ0) is 9.68. The first kappa shape index (κ1) is 11.0. The predicted octanol–water partition coefficient (Wildman–Crippen LogP) is 3.37. The summed E-state index contributed by atoms with van der Waals surface area (Å²) in [7, 11) is 2.15. The lowest BCUT2D eigenvalue weighted by atomic mass is 10.2. The molecule has 0 aromatic carbocycles. The summed E-state index contributed by atoms with van der Waals surface area (Å²) in [4.78, 5) is 3.77. The van der Waals surface area contributed by atoms with Gasteiger partial charge in [0.1, 0.15) is 0 Å². The van der Waals surface area contributed by atoms with Gasteiger partial charge < -0.3 is 0 Å². The van der Waals surface area contributed by atoms with E-state index in [0.717, 1.165) is 18.8 Å². The van der Waals surface area contributed by atoms with Crippen molar-refractivity contribution in [3.63, 3.8) is 0 Å². The lowest BCUT2D eigenvalue weighted by molar-refractivity contribution is 0.266. The summed E-state index contributed by atoms with van der Waals surface area (Å²) in [5.41, 5.74) is 0. The maximum absolute atomic E-state index is 5.65. The third kappa shape index (κ3) is 3.29. The van der Waals surface area contributed by atoms with Gasteiger partial charge in [-0.05, 0) is 38.4 Å². The van der Waals surface area contributed by atoms with Crippen molar-refractivity contribution in [3.8, 4) is 0 Å². The lowest BCUT2D eigenvalue weighted by Crippen LogP contribution is -2.23. The quantitative estimate of drug-likeness (QED) is 0.684. The van der Waals surface area contributed by atoms with Crippen LogP contribution < -0.4 is 0 Å². The van der Waals surface area contributed by atoms with E-state index in [-0.39, 0.29) is 0 Å². The maximum Gasteiger partial charge on any atom is 0.0410 e. The highest BCUT2D eigenvalue weighted by atomic mass is 35.5. The van der Waals surface area contributed by atoms with Gasteiger partial charge in [0.15, 0.2) is 0 Å². The maximum atomic E-state index is 5.65. The first-order valence-corrected chi connectivity index (χ1v) is 5.96. The Bertz CT molecular complexity index is 223. The molecule has 1 heterocycles. The Hall–Kier alpha value is -0.0500. The normalized spacial score (nSPS) is 13.5. The molecule has 13 heavy (non-hydrogen) atoms. The van der Waals surface area contributed by atoms with Crippen molar-refractivity contribution in [3.05, 3.63) is 22.4 Å². The molecule has 0 N–H and O–H groups in total. The molecule has 0 spiro atoms. The van der Waals surface area contributed by atoms with Crippen molar-refractivity contribution in [1.29, 1.82) is 0 Å². The van der Waals surface area contributed by atoms with Gasteiger partial charge in [-0.15, -0.1) is 22.9 Å². The van der Waals surface area contributed by atoms with Crippen LogP contribution >= 0.6 is 22.9 Å². The molecule has 1 atom stereocenters. The fourth-order valence-corrected chi connectivity index (χ4v) is 2.22. The minimum absolute atomic E-state index is 0.517. The molecule has 0 bridgehead atoms. The molecule has 0 saturated heterocycles. The molecule has 1 aromatic heterocycles. The molecule has 0 amide bonds. The van der Waals surface area contributed by atoms with Crippen LogP contribution in [-0.4, -0.2) is 24.4 Å². The van der Waals surface area contributed by atoms with Gasteiger partial charge in [-0.25, -0.2) is 0 Å². The number of halogens is 1. The summed E-state index contributed by atoms with van der Waals surface area (Å²) in [5.74, 6) is 0.751. The molecule has 74 valence electrons. The highest BCUT2D eigenvalue weighted by Crippen LogP contribution is 2.23. The van der Waals surface area contributed by atoms with Crippen LogP contribution in [0.15, 0.2) is 17.5 Å². The van der Waals surface area contributed by atoms with Gasteiger partial charge in [-0.1, -0.05) is 6.07 Å². The van der Waals surface area contributed by atoms with Crippen LogP contribution in [0, 0.1) is 0 Å². The van der Waals surface area contributed by atoms with Crippen LogP contribution in [-0.2, 0) is 0 Å². The van der Waals surface area contributed by atoms with Gasteiger partial charge >= 0.3 is 0 Å². The SMILES string of the molecule is CC(c1cccs1)N(C)CCCCl. The van der Waals surface area contributed by atoms with Crippen molar-refractivity contribution < 1.29 is 0 Å². The van der Waals surface area contributed by atoms with E-state index in [1.165, 1.54) is 4.88 Å². The zero-order valence-electron chi connectivity index (χ0n) is 8.16. The summed E-state index contributed by atoms with van der Waals surface area (Å²) in [6, 6.07) is 4.81. The Morgan fingerprint density at radius 2 is 2.38 bits per heavy atom. The summed E-state index contributed by atoms with van der Waals surface area (Å²) < 4.78 is 0. The summed E-state index contributed by atoms with van der Waals surface area (Å²) in [6.45, 7) is 3.31. The molecule has 1 rings (SSSR count). The van der Waals surface area contributed by atoms with Crippen molar-refractivity contribution in [2.45, 2.75) is 19.4 Å². The molecular formula is C10H16ClNS. The Kier molecular flexibility index (Phi) is 4.78. The summed E-state index contributed by atoms with van der Waals surface area (Å²) in [5, 5.41) is 2.13. The smallest absolute Gasteiger partial charge is 0.0410 e. The second-order valence-electron chi connectivity index (χ2n) is 3.21. The Morgan fingerprint density at radius 1 is 1.62 bits per heavy atom. The van der Waals surface area contributed by atoms with Crippen LogP contribution in [0.4, 0.5) is 0 Å². The molecule has 1 nitrogen and oxygen atoms in total. The number of alkyl halides is 1. The van der Waals surface area contributed by atoms with Gasteiger partial charge in [-0.3, -0.25) is 4.90 Å². The molecule has 1 unspecified atom stereocenters. The molecule has 0 aliphatic heterocycles. The number of nitrogens with zero attached hydrogens (tertiary/aromatic N) is 1. The molecule has 0 radical (unpaired) electrons. The average molecular weight is 218 g/mol. The topological polar surface area (TPSA) is 3.24 Å². The average Bonchev–Trinajstić information content (AvgIpc) is 2.65. The van der Waals surface area contributed by atoms with E-state index in [1.807, 2.05) is 11.3 Å². The number of hydrogen-bond acceptors (Lipinski definition) is 2. The molecule has 0 saturated carbocycles. The van der Waals surface area contributed by atoms with Gasteiger partial charge in [0.25, 0.3) is 0 Å². The van der Waals surface area contributed by atoms with Gasteiger partial charge in [0.2, 0.25) is 0 Å². The van der Waals surface area contributed by atoms with E-state index in [0.29, 0.717) is 6.04 Å². The van der Waals surface area contributed by atoms with E-state index in [4.69, 9.17) is 11.6 Å². The van der Waals surface area contributed by atoms with E-state index in [2.05, 4.69) is 36.4 Å². The van der Waals surface area contributed by atoms with Crippen LogP contribution in [0.25, 0.3) is 0 Å². The van der Waals surface area contributed by atoms with E-state index >= 15 is 0 Å². The van der Waals surface area contributed by atoms with Crippen molar-refractivity contribution in [2.24, 2.45) is 0 Å². The fraction of sp³-hybridized carbons (Fsp3) is 0.600. The van der Waals surface area contributed by atoms with E-state index < -0.39 is 0 Å². The molecule has 0 fully saturated rings. The van der Waals surface area contributed by atoms with Gasteiger partial charge in [0.05, 0.1) is 0 Å². The van der Waals surface area contributed by atoms with Crippen molar-refractivity contribution in [2.75, 3.05) is 19.5 Å². The minimum Gasteiger partial charge on any atom is -0.299 e. The largest absolute Gasteiger partial charge is 0.299 e. The first-order valence-electron chi connectivity index (χ1n) is 4.55. The van der Waals surface area contributed by atoms with Gasteiger partial charge in [-0.2, -0.15) is 0 Å². The number of thiophene rings is 1. The highest BCUT2D eigenvalue weighted by Gasteiger charge is 2.11. The lowest BCUT2D eigenvalue weighted by Gasteiger charge is -2.23. The molecular weight excluding hydrogens is 202 g/mol. The third-order valence-electron chi connectivity index (χ3n) is 2.26. The Morgan fingerprint density at radius 3 is 2.92 bits per heavy atom. The first-order chi connectivity index (χ1) is 6.25. The Balaban J connectivity index is 2.43. The van der Waals surface area contributed by atoms with Crippen LogP contribution in [0.3, 0.4) is 0 Å². The standard InChI is InChI=1S/C10H16ClNS/c1-9(10-5-3-8-13-10)12(2)7-4-6-11/h3,5,8-9H,4,6-7H2,1-2H3. The molecule has 1 aromatic rings. The van der Waals surface area contributed by atoms with Crippen molar-refractivity contribution in [1.82, 2.24) is 4.90 Å². The number of rotatable bonds is 5. The summed E-state index contributed by atoms with van der Waals surface area (Å²) in [6.07, 6.45) is 1.06. The summed E-state index contributed by atoms with van der Waals surface area (Å²) >= 11 is 7.47. The third-order valence-corrected chi connectivity index (χ3v) is 3.57. The highest BCUT2D eigenvalue weighted by molar-refractivity contribution is 7.10. The number of hydrogen-bond donors (Lipinski definition) is 0. The molecule has 0 aliphatic carbocycles. The van der Waals surface area contributed by atoms with Crippen LogP contribution in [0.5, 0.6) is 0 Å². The second-order valence-corrected chi connectivity index (χ2v) is 4.57.